The fourth-order valence-corrected chi connectivity index (χ4v) is 2.92. The fourth-order valence-electron chi connectivity index (χ4n) is 2.83. The molecule has 0 bridgehead atoms. The maximum atomic E-state index is 12.1. The highest BCUT2D eigenvalue weighted by atomic mass is 32.1. The van der Waals surface area contributed by atoms with Crippen molar-refractivity contribution in [3.63, 3.8) is 0 Å². The zero-order valence-electron chi connectivity index (χ0n) is 12.9. The Morgan fingerprint density at radius 3 is 2.75 bits per heavy atom. The summed E-state index contributed by atoms with van der Waals surface area (Å²) in [5.41, 5.74) is 5.47. The van der Waals surface area contributed by atoms with Crippen LogP contribution < -0.4 is 5.73 Å². The van der Waals surface area contributed by atoms with Crippen molar-refractivity contribution in [1.82, 2.24) is 9.80 Å². The Bertz CT molecular complexity index is 322. The molecule has 5 heteroatoms. The minimum Gasteiger partial charge on any atom is -0.393 e. The number of carbonyl (C=O) groups is 1. The molecule has 0 saturated carbocycles. The minimum absolute atomic E-state index is 0.195. The molecule has 1 rings (SSSR count). The first-order valence-electron chi connectivity index (χ1n) is 7.81. The first kappa shape index (κ1) is 17.4. The third-order valence-electron chi connectivity index (χ3n) is 4.20. The summed E-state index contributed by atoms with van der Waals surface area (Å²) < 4.78 is 0. The second kappa shape index (κ2) is 9.29. The van der Waals surface area contributed by atoms with E-state index in [1.54, 1.807) is 4.90 Å². The number of amides is 1. The maximum absolute atomic E-state index is 12.1. The molecule has 0 aromatic carbocycles. The van der Waals surface area contributed by atoms with Gasteiger partial charge in [-0.2, -0.15) is 0 Å². The van der Waals surface area contributed by atoms with E-state index in [2.05, 4.69) is 11.8 Å². The van der Waals surface area contributed by atoms with Crippen LogP contribution in [0.15, 0.2) is 0 Å². The molecule has 1 heterocycles. The van der Waals surface area contributed by atoms with Crippen molar-refractivity contribution < 1.29 is 4.79 Å². The van der Waals surface area contributed by atoms with Crippen LogP contribution in [0.2, 0.25) is 0 Å². The minimum atomic E-state index is 0.195. The van der Waals surface area contributed by atoms with Gasteiger partial charge in [-0.05, 0) is 25.8 Å². The van der Waals surface area contributed by atoms with Gasteiger partial charge in [0.1, 0.15) is 0 Å². The van der Waals surface area contributed by atoms with Crippen molar-refractivity contribution >= 4 is 23.1 Å². The molecule has 1 aliphatic rings. The van der Waals surface area contributed by atoms with Crippen LogP contribution in [-0.2, 0) is 4.79 Å². The summed E-state index contributed by atoms with van der Waals surface area (Å²) in [6.45, 7) is 4.90. The molecule has 2 N–H and O–H groups in total. The third-order valence-corrected chi connectivity index (χ3v) is 4.41. The Morgan fingerprint density at radius 1 is 1.35 bits per heavy atom. The molecular weight excluding hydrogens is 270 g/mol. The Labute approximate surface area is 128 Å². The van der Waals surface area contributed by atoms with E-state index in [-0.39, 0.29) is 5.91 Å². The number of hydrogen-bond donors (Lipinski definition) is 1. The zero-order valence-corrected chi connectivity index (χ0v) is 13.8. The van der Waals surface area contributed by atoms with E-state index in [0.717, 1.165) is 13.1 Å². The van der Waals surface area contributed by atoms with Crippen LogP contribution in [-0.4, -0.2) is 53.4 Å². The summed E-state index contributed by atoms with van der Waals surface area (Å²) in [5.74, 6) is 0.195. The molecule has 0 aromatic heterocycles. The molecule has 1 saturated heterocycles. The topological polar surface area (TPSA) is 49.6 Å². The van der Waals surface area contributed by atoms with Crippen LogP contribution in [0, 0.1) is 0 Å². The maximum Gasteiger partial charge on any atom is 0.223 e. The van der Waals surface area contributed by atoms with Crippen molar-refractivity contribution in [3.8, 4) is 0 Å². The lowest BCUT2D eigenvalue weighted by atomic mass is 10.1. The van der Waals surface area contributed by atoms with Crippen LogP contribution in [0.25, 0.3) is 0 Å². The largest absolute Gasteiger partial charge is 0.393 e. The molecule has 0 aromatic rings. The van der Waals surface area contributed by atoms with Crippen LogP contribution >= 0.6 is 12.2 Å². The SMILES string of the molecule is CCC1CCCCCN1CCC(=O)N(C)CCC(N)=S. The normalized spacial score (nSPS) is 20.4. The summed E-state index contributed by atoms with van der Waals surface area (Å²) >= 11 is 4.85. The number of carbonyl (C=O) groups excluding carboxylic acids is 1. The van der Waals surface area contributed by atoms with Gasteiger partial charge in [0.05, 0.1) is 4.99 Å². The number of rotatable bonds is 7. The number of hydrogen-bond acceptors (Lipinski definition) is 3. The molecule has 4 nitrogen and oxygen atoms in total. The van der Waals surface area contributed by atoms with E-state index in [4.69, 9.17) is 18.0 Å². The molecule has 116 valence electrons. The van der Waals surface area contributed by atoms with E-state index < -0.39 is 0 Å². The van der Waals surface area contributed by atoms with E-state index in [0.29, 0.717) is 30.4 Å². The van der Waals surface area contributed by atoms with Crippen molar-refractivity contribution in [2.24, 2.45) is 5.73 Å². The molecule has 0 aliphatic carbocycles. The van der Waals surface area contributed by atoms with Gasteiger partial charge in [0.25, 0.3) is 0 Å². The Hall–Kier alpha value is -0.680. The van der Waals surface area contributed by atoms with Gasteiger partial charge in [0.15, 0.2) is 0 Å². The Morgan fingerprint density at radius 2 is 2.10 bits per heavy atom. The molecule has 1 atom stereocenters. The van der Waals surface area contributed by atoms with Crippen LogP contribution in [0.4, 0.5) is 0 Å². The second-order valence-electron chi connectivity index (χ2n) is 5.73. The van der Waals surface area contributed by atoms with Gasteiger partial charge in [-0.1, -0.05) is 32.0 Å². The summed E-state index contributed by atoms with van der Waals surface area (Å²) in [7, 11) is 1.83. The van der Waals surface area contributed by atoms with Crippen molar-refractivity contribution in [1.29, 1.82) is 0 Å². The number of nitrogens with zero attached hydrogens (tertiary/aromatic N) is 2. The van der Waals surface area contributed by atoms with Crippen LogP contribution in [0.3, 0.4) is 0 Å². The number of likely N-dealkylation sites (tertiary alicyclic amines) is 1. The highest BCUT2D eigenvalue weighted by Crippen LogP contribution is 2.19. The highest BCUT2D eigenvalue weighted by molar-refractivity contribution is 7.80. The van der Waals surface area contributed by atoms with Gasteiger partial charge in [-0.25, -0.2) is 0 Å². The first-order chi connectivity index (χ1) is 9.54. The van der Waals surface area contributed by atoms with Crippen molar-refractivity contribution in [2.75, 3.05) is 26.7 Å². The highest BCUT2D eigenvalue weighted by Gasteiger charge is 2.20. The first-order valence-corrected chi connectivity index (χ1v) is 8.21. The molecule has 1 aliphatic heterocycles. The zero-order chi connectivity index (χ0) is 15.0. The summed E-state index contributed by atoms with van der Waals surface area (Å²) in [6, 6.07) is 0.659. The van der Waals surface area contributed by atoms with Crippen molar-refractivity contribution in [2.45, 2.75) is 57.9 Å². The van der Waals surface area contributed by atoms with Gasteiger partial charge in [0.2, 0.25) is 5.91 Å². The molecule has 20 heavy (non-hydrogen) atoms. The molecule has 0 radical (unpaired) electrons. The summed E-state index contributed by atoms with van der Waals surface area (Å²) in [4.78, 5) is 16.8. The smallest absolute Gasteiger partial charge is 0.223 e. The van der Waals surface area contributed by atoms with Gasteiger partial charge in [-0.3, -0.25) is 9.69 Å². The van der Waals surface area contributed by atoms with E-state index in [9.17, 15) is 4.79 Å². The van der Waals surface area contributed by atoms with E-state index in [1.807, 2.05) is 7.05 Å². The van der Waals surface area contributed by atoms with E-state index in [1.165, 1.54) is 32.1 Å². The van der Waals surface area contributed by atoms with Gasteiger partial charge in [0, 0.05) is 39.0 Å². The summed E-state index contributed by atoms with van der Waals surface area (Å²) in [6.07, 6.45) is 7.60. The second-order valence-corrected chi connectivity index (χ2v) is 6.25. The molecule has 0 spiro atoms. The lowest BCUT2D eigenvalue weighted by molar-refractivity contribution is -0.130. The van der Waals surface area contributed by atoms with Crippen LogP contribution in [0.5, 0.6) is 0 Å². The molecule has 1 amide bonds. The molecule has 1 fully saturated rings. The quantitative estimate of drug-likeness (QED) is 0.732. The van der Waals surface area contributed by atoms with Gasteiger partial charge >= 0.3 is 0 Å². The number of nitrogens with two attached hydrogens (primary N) is 1. The lowest BCUT2D eigenvalue weighted by Crippen LogP contribution is -2.38. The van der Waals surface area contributed by atoms with Crippen molar-refractivity contribution in [3.05, 3.63) is 0 Å². The Kier molecular flexibility index (Phi) is 8.07. The monoisotopic (exact) mass is 299 g/mol. The van der Waals surface area contributed by atoms with Gasteiger partial charge in [-0.15, -0.1) is 0 Å². The summed E-state index contributed by atoms with van der Waals surface area (Å²) in [5, 5.41) is 0. The average molecular weight is 299 g/mol. The average Bonchev–Trinajstić information content (AvgIpc) is 2.66. The number of thiocarbonyl (C=S) groups is 1. The molecular formula is C15H29N3OS. The standard InChI is InChI=1S/C15H29N3OS/c1-3-13-7-5-4-6-10-18(13)12-9-15(19)17(2)11-8-14(16)20/h13H,3-12H2,1-2H3,(H2,16,20). The van der Waals surface area contributed by atoms with Crippen LogP contribution in [0.1, 0.15) is 51.9 Å². The fraction of sp³-hybridized carbons (Fsp3) is 0.867. The lowest BCUT2D eigenvalue weighted by Gasteiger charge is -2.29. The van der Waals surface area contributed by atoms with E-state index >= 15 is 0 Å². The van der Waals surface area contributed by atoms with Gasteiger partial charge < -0.3 is 10.6 Å². The Balaban J connectivity index is 2.35. The predicted octanol–water partition coefficient (Wildman–Crippen LogP) is 2.17. The third kappa shape index (κ3) is 6.18. The molecule has 1 unspecified atom stereocenters. The predicted molar refractivity (Wildman–Crippen MR) is 87.8 cm³/mol.